The van der Waals surface area contributed by atoms with E-state index in [0.29, 0.717) is 0 Å². The first-order valence-electron chi connectivity index (χ1n) is 7.49. The van der Waals surface area contributed by atoms with Crippen molar-refractivity contribution in [2.45, 2.75) is 13.5 Å². The van der Waals surface area contributed by atoms with Crippen LogP contribution in [0.2, 0.25) is 0 Å². The normalized spacial score (nSPS) is 10.0. The van der Waals surface area contributed by atoms with E-state index in [1.807, 2.05) is 6.07 Å². The zero-order chi connectivity index (χ0) is 19.1. The zero-order valence-corrected chi connectivity index (χ0v) is 14.6. The number of nitrogens with zero attached hydrogens (tertiary/aromatic N) is 1. The number of para-hydroxylation sites is 1. The molecule has 0 radical (unpaired) electrons. The highest BCUT2D eigenvalue weighted by molar-refractivity contribution is 7.18. The fourth-order valence-electron chi connectivity index (χ4n) is 2.00. The molecule has 0 atom stereocenters. The van der Waals surface area contributed by atoms with Gasteiger partial charge in [-0.2, -0.15) is 5.26 Å². The fraction of sp³-hybridized carbons (Fsp3) is 0.235. The number of carbonyl (C=O) groups is 2. The molecule has 2 N–H and O–H groups in total. The molecule has 1 aromatic heterocycles. The van der Waals surface area contributed by atoms with E-state index in [-0.39, 0.29) is 40.0 Å². The largest absolute Gasteiger partial charge is 0.479 e. The van der Waals surface area contributed by atoms with Gasteiger partial charge in [0.05, 0.1) is 12.2 Å². The lowest BCUT2D eigenvalue weighted by Crippen LogP contribution is -2.16. The molecule has 0 spiro atoms. The second-order valence-electron chi connectivity index (χ2n) is 4.86. The molecule has 0 aliphatic rings. The van der Waals surface area contributed by atoms with Crippen LogP contribution in [-0.2, 0) is 20.9 Å². The lowest BCUT2D eigenvalue weighted by atomic mass is 10.1. The number of thiophene rings is 1. The summed E-state index contributed by atoms with van der Waals surface area (Å²) in [5, 5.41) is 9.32. The van der Waals surface area contributed by atoms with Gasteiger partial charge >= 0.3 is 11.9 Å². The van der Waals surface area contributed by atoms with Gasteiger partial charge in [0.15, 0.2) is 18.2 Å². The minimum absolute atomic E-state index is 0.0564. The Kier molecular flexibility index (Phi) is 6.52. The van der Waals surface area contributed by atoms with Crippen molar-refractivity contribution < 1.29 is 28.2 Å². The van der Waals surface area contributed by atoms with Crippen molar-refractivity contribution in [1.82, 2.24) is 0 Å². The van der Waals surface area contributed by atoms with Crippen molar-refractivity contribution in [1.29, 1.82) is 5.26 Å². The van der Waals surface area contributed by atoms with Crippen LogP contribution in [0, 0.1) is 17.1 Å². The summed E-state index contributed by atoms with van der Waals surface area (Å²) in [6, 6.07) is 7.49. The number of nitriles is 1. The van der Waals surface area contributed by atoms with Crippen LogP contribution < -0.4 is 10.5 Å². The maximum Gasteiger partial charge on any atom is 0.348 e. The highest BCUT2D eigenvalue weighted by Gasteiger charge is 2.24. The SMILES string of the molecule is CCOC(=O)c1sc(N)c(C#N)c1COC(=O)COc1ccccc1F. The number of ether oxygens (including phenoxy) is 3. The third-order valence-corrected chi connectivity index (χ3v) is 4.21. The van der Waals surface area contributed by atoms with Gasteiger partial charge in [0.1, 0.15) is 22.6 Å². The molecule has 0 saturated carbocycles. The minimum Gasteiger partial charge on any atom is -0.479 e. The highest BCUT2D eigenvalue weighted by atomic mass is 32.1. The van der Waals surface area contributed by atoms with Crippen molar-refractivity contribution in [2.24, 2.45) is 0 Å². The predicted molar refractivity (Wildman–Crippen MR) is 91.1 cm³/mol. The third-order valence-electron chi connectivity index (χ3n) is 3.17. The molecule has 0 amide bonds. The summed E-state index contributed by atoms with van der Waals surface area (Å²) >= 11 is 0.886. The van der Waals surface area contributed by atoms with Crippen LogP contribution >= 0.6 is 11.3 Å². The molecule has 1 aromatic carbocycles. The number of hydrogen-bond donors (Lipinski definition) is 1. The number of benzene rings is 1. The van der Waals surface area contributed by atoms with Crippen LogP contribution in [0.25, 0.3) is 0 Å². The number of carbonyl (C=O) groups excluding carboxylic acids is 2. The van der Waals surface area contributed by atoms with Gasteiger partial charge in [-0.3, -0.25) is 0 Å². The molecular formula is C17H15FN2O5S. The Labute approximate surface area is 152 Å². The summed E-state index contributed by atoms with van der Waals surface area (Å²) in [7, 11) is 0. The first-order chi connectivity index (χ1) is 12.5. The molecule has 0 fully saturated rings. The molecule has 9 heteroatoms. The van der Waals surface area contributed by atoms with Crippen LogP contribution in [0.1, 0.15) is 27.7 Å². The Morgan fingerprint density at radius 1 is 1.31 bits per heavy atom. The Hall–Kier alpha value is -3.12. The van der Waals surface area contributed by atoms with Crippen molar-refractivity contribution >= 4 is 28.3 Å². The quantitative estimate of drug-likeness (QED) is 0.737. The number of esters is 2. The van der Waals surface area contributed by atoms with E-state index in [4.69, 9.17) is 19.9 Å². The Bertz CT molecular complexity index is 859. The Morgan fingerprint density at radius 3 is 2.69 bits per heavy atom. The molecule has 7 nitrogen and oxygen atoms in total. The highest BCUT2D eigenvalue weighted by Crippen LogP contribution is 2.31. The van der Waals surface area contributed by atoms with Crippen LogP contribution in [0.15, 0.2) is 24.3 Å². The zero-order valence-electron chi connectivity index (χ0n) is 13.8. The molecule has 0 bridgehead atoms. The smallest absolute Gasteiger partial charge is 0.348 e. The van der Waals surface area contributed by atoms with Crippen LogP contribution in [0.4, 0.5) is 9.39 Å². The molecule has 2 aromatic rings. The van der Waals surface area contributed by atoms with Gasteiger partial charge in [-0.25, -0.2) is 14.0 Å². The van der Waals surface area contributed by atoms with Crippen LogP contribution in [-0.4, -0.2) is 25.2 Å². The predicted octanol–water partition coefficient (Wildman–Crippen LogP) is 2.64. The average molecular weight is 378 g/mol. The lowest BCUT2D eigenvalue weighted by molar-refractivity contribution is -0.147. The number of nitrogens with two attached hydrogens (primary N) is 1. The maximum atomic E-state index is 13.4. The average Bonchev–Trinajstić information content (AvgIpc) is 2.95. The van der Waals surface area contributed by atoms with Gasteiger partial charge in [0.25, 0.3) is 0 Å². The van der Waals surface area contributed by atoms with Crippen LogP contribution in [0.5, 0.6) is 5.75 Å². The number of nitrogen functional groups attached to an aromatic ring is 1. The van der Waals surface area contributed by atoms with E-state index in [1.165, 1.54) is 18.2 Å². The van der Waals surface area contributed by atoms with Gasteiger partial charge in [-0.15, -0.1) is 11.3 Å². The standard InChI is InChI=1S/C17H15FN2O5S/c1-2-23-17(22)15-11(10(7-19)16(20)26-15)8-25-14(21)9-24-13-6-4-3-5-12(13)18/h3-6H,2,8-9,20H2,1H3. The molecule has 0 aliphatic heterocycles. The molecule has 2 rings (SSSR count). The third kappa shape index (κ3) is 4.49. The van der Waals surface area contributed by atoms with Gasteiger partial charge < -0.3 is 19.9 Å². The first kappa shape index (κ1) is 19.2. The summed E-state index contributed by atoms with van der Waals surface area (Å²) < 4.78 is 28.4. The Morgan fingerprint density at radius 2 is 2.04 bits per heavy atom. The van der Waals surface area contributed by atoms with Gasteiger partial charge in [0.2, 0.25) is 0 Å². The topological polar surface area (TPSA) is 112 Å². The molecule has 136 valence electrons. The number of rotatable bonds is 7. The van der Waals surface area contributed by atoms with Crippen molar-refractivity contribution in [3.05, 3.63) is 46.1 Å². The Balaban J connectivity index is 2.04. The monoisotopic (exact) mass is 378 g/mol. The van der Waals surface area contributed by atoms with Crippen molar-refractivity contribution in [2.75, 3.05) is 18.9 Å². The summed E-state index contributed by atoms with van der Waals surface area (Å²) in [5.41, 5.74) is 5.96. The number of halogens is 1. The lowest BCUT2D eigenvalue weighted by Gasteiger charge is -2.08. The molecule has 0 saturated heterocycles. The van der Waals surface area contributed by atoms with E-state index in [1.54, 1.807) is 13.0 Å². The van der Waals surface area contributed by atoms with Crippen LogP contribution in [0.3, 0.4) is 0 Å². The second-order valence-corrected chi connectivity index (χ2v) is 5.91. The van der Waals surface area contributed by atoms with Gasteiger partial charge in [-0.1, -0.05) is 12.1 Å². The second kappa shape index (κ2) is 8.82. The molecular weight excluding hydrogens is 363 g/mol. The van der Waals surface area contributed by atoms with Crippen molar-refractivity contribution in [3.8, 4) is 11.8 Å². The first-order valence-corrected chi connectivity index (χ1v) is 8.30. The molecule has 1 heterocycles. The number of anilines is 1. The molecule has 0 aliphatic carbocycles. The summed E-state index contributed by atoms with van der Waals surface area (Å²) in [5.74, 6) is -2.15. The molecule has 0 unspecified atom stereocenters. The summed E-state index contributed by atoms with van der Waals surface area (Å²) in [6.07, 6.45) is 0. The van der Waals surface area contributed by atoms with E-state index in [2.05, 4.69) is 0 Å². The fourth-order valence-corrected chi connectivity index (χ4v) is 2.92. The van der Waals surface area contributed by atoms with Gasteiger partial charge in [-0.05, 0) is 19.1 Å². The number of hydrogen-bond acceptors (Lipinski definition) is 8. The summed E-state index contributed by atoms with van der Waals surface area (Å²) in [6.45, 7) is 0.898. The molecule has 26 heavy (non-hydrogen) atoms. The van der Waals surface area contributed by atoms with E-state index >= 15 is 0 Å². The maximum absolute atomic E-state index is 13.4. The van der Waals surface area contributed by atoms with Gasteiger partial charge in [0, 0.05) is 5.56 Å². The van der Waals surface area contributed by atoms with E-state index < -0.39 is 24.4 Å². The van der Waals surface area contributed by atoms with E-state index in [9.17, 15) is 19.2 Å². The van der Waals surface area contributed by atoms with Crippen molar-refractivity contribution in [3.63, 3.8) is 0 Å². The minimum atomic E-state index is -0.795. The van der Waals surface area contributed by atoms with E-state index in [0.717, 1.165) is 11.3 Å². The summed E-state index contributed by atoms with van der Waals surface area (Å²) in [4.78, 5) is 23.9.